The third-order valence-corrected chi connectivity index (χ3v) is 5.06. The topological polar surface area (TPSA) is 77.8 Å². The number of aromatic carboxylic acids is 1. The fourth-order valence-corrected chi connectivity index (χ4v) is 3.37. The zero-order valence-electron chi connectivity index (χ0n) is 17.8. The normalized spacial score (nSPS) is 12.4. The molecule has 0 spiro atoms. The Labute approximate surface area is 169 Å². The van der Waals surface area contributed by atoms with E-state index in [9.17, 15) is 20.1 Å². The lowest BCUT2D eigenvalue weighted by atomic mass is 9.94. The third-order valence-electron chi connectivity index (χ3n) is 5.06. The molecule has 0 heterocycles. The number of benzene rings is 1. The minimum atomic E-state index is -1.15. The Morgan fingerprint density at radius 1 is 1.00 bits per heavy atom. The number of unbranched alkanes of at least 4 members (excludes halogenated alkanes) is 2. The molecule has 0 atom stereocenters. The molecule has 4 nitrogen and oxygen atoms in total. The molecule has 0 aromatic heterocycles. The van der Waals surface area contributed by atoms with E-state index >= 15 is 0 Å². The summed E-state index contributed by atoms with van der Waals surface area (Å²) in [7, 11) is 0. The van der Waals surface area contributed by atoms with Crippen LogP contribution in [0.3, 0.4) is 0 Å². The number of hydrogen-bond acceptors (Lipinski definition) is 3. The average molecular weight is 389 g/mol. The van der Waals surface area contributed by atoms with Gasteiger partial charge in [0.05, 0.1) is 0 Å². The molecule has 1 aromatic carbocycles. The second kappa shape index (κ2) is 12.3. The summed E-state index contributed by atoms with van der Waals surface area (Å²) in [6.07, 6.45) is 12.0. The van der Waals surface area contributed by atoms with Crippen molar-refractivity contribution in [2.75, 3.05) is 0 Å². The van der Waals surface area contributed by atoms with Gasteiger partial charge in [-0.2, -0.15) is 0 Å². The Morgan fingerprint density at radius 2 is 1.68 bits per heavy atom. The summed E-state index contributed by atoms with van der Waals surface area (Å²) in [5.74, 6) is -1.49. The van der Waals surface area contributed by atoms with Crippen molar-refractivity contribution >= 4 is 5.97 Å². The lowest BCUT2D eigenvalue weighted by Gasteiger charge is -2.14. The van der Waals surface area contributed by atoms with E-state index in [1.54, 1.807) is 0 Å². The number of carboxylic acid groups (broad SMARTS) is 1. The standard InChI is InChI=1S/C24H36O4/c1-5-7-8-13-19-16-21(25)20(23(26)22(19)24(27)28)15-14-18(4)12-9-11-17(3)10-6-2/h11,14,16,25-26H,5-10,12-13,15H2,1-4H3,(H,27,28)/b17-11+,18-14+. The van der Waals surface area contributed by atoms with Crippen LogP contribution in [0, 0.1) is 0 Å². The molecule has 28 heavy (non-hydrogen) atoms. The number of aromatic hydroxyl groups is 2. The zero-order chi connectivity index (χ0) is 21.1. The lowest BCUT2D eigenvalue weighted by Crippen LogP contribution is -2.05. The molecule has 0 aliphatic carbocycles. The van der Waals surface area contributed by atoms with Gasteiger partial charge in [0.1, 0.15) is 17.1 Å². The molecule has 1 aromatic rings. The minimum absolute atomic E-state index is 0.0308. The summed E-state index contributed by atoms with van der Waals surface area (Å²) >= 11 is 0. The summed E-state index contributed by atoms with van der Waals surface area (Å²) in [4.78, 5) is 11.7. The largest absolute Gasteiger partial charge is 0.508 e. The van der Waals surface area contributed by atoms with Gasteiger partial charge in [0.15, 0.2) is 0 Å². The highest BCUT2D eigenvalue weighted by atomic mass is 16.4. The number of allylic oxidation sites excluding steroid dienone is 4. The summed E-state index contributed by atoms with van der Waals surface area (Å²) in [5.41, 5.74) is 3.26. The highest BCUT2D eigenvalue weighted by Crippen LogP contribution is 2.35. The molecular formula is C24H36O4. The molecule has 0 bridgehead atoms. The molecular weight excluding hydrogens is 352 g/mol. The summed E-state index contributed by atoms with van der Waals surface area (Å²) in [6.45, 7) is 8.41. The number of phenols is 2. The van der Waals surface area contributed by atoms with Gasteiger partial charge in [-0.3, -0.25) is 0 Å². The second-order valence-corrected chi connectivity index (χ2v) is 7.61. The SMILES string of the molecule is CCCCCc1cc(O)c(C/C=C(\C)CC/C=C(\C)CCC)c(O)c1C(=O)O. The molecule has 0 saturated carbocycles. The van der Waals surface area contributed by atoms with Crippen molar-refractivity contribution in [2.24, 2.45) is 0 Å². The molecule has 0 unspecified atom stereocenters. The quantitative estimate of drug-likeness (QED) is 0.280. The maximum atomic E-state index is 11.7. The molecule has 0 aliphatic rings. The first-order chi connectivity index (χ1) is 13.3. The summed E-state index contributed by atoms with van der Waals surface area (Å²) in [5, 5.41) is 30.4. The van der Waals surface area contributed by atoms with E-state index in [1.165, 1.54) is 11.6 Å². The molecule has 0 aliphatic heterocycles. The summed E-state index contributed by atoms with van der Waals surface area (Å²) in [6, 6.07) is 1.51. The van der Waals surface area contributed by atoms with Gasteiger partial charge < -0.3 is 15.3 Å². The van der Waals surface area contributed by atoms with Crippen LogP contribution >= 0.6 is 0 Å². The smallest absolute Gasteiger partial charge is 0.339 e. The average Bonchev–Trinajstić information content (AvgIpc) is 2.61. The van der Waals surface area contributed by atoms with Crippen LogP contribution in [0.1, 0.15) is 94.1 Å². The van der Waals surface area contributed by atoms with Crippen LogP contribution < -0.4 is 0 Å². The Bertz CT molecular complexity index is 714. The van der Waals surface area contributed by atoms with E-state index < -0.39 is 5.97 Å². The van der Waals surface area contributed by atoms with Gasteiger partial charge >= 0.3 is 5.97 Å². The van der Waals surface area contributed by atoms with Crippen molar-refractivity contribution < 1.29 is 20.1 Å². The predicted molar refractivity (Wildman–Crippen MR) is 115 cm³/mol. The van der Waals surface area contributed by atoms with Crippen molar-refractivity contribution in [1.29, 1.82) is 0 Å². The number of carboxylic acids is 1. The molecule has 3 N–H and O–H groups in total. The first kappa shape index (κ1) is 23.8. The van der Waals surface area contributed by atoms with Crippen molar-refractivity contribution in [3.05, 3.63) is 46.1 Å². The number of rotatable bonds is 12. The summed E-state index contributed by atoms with van der Waals surface area (Å²) < 4.78 is 0. The van der Waals surface area contributed by atoms with Crippen molar-refractivity contribution in [1.82, 2.24) is 0 Å². The minimum Gasteiger partial charge on any atom is -0.508 e. The van der Waals surface area contributed by atoms with Crippen molar-refractivity contribution in [3.63, 3.8) is 0 Å². The molecule has 0 amide bonds. The van der Waals surface area contributed by atoms with Gasteiger partial charge in [-0.1, -0.05) is 56.4 Å². The van der Waals surface area contributed by atoms with Crippen LogP contribution in [-0.2, 0) is 12.8 Å². The molecule has 0 saturated heterocycles. The van der Waals surface area contributed by atoms with Crippen LogP contribution in [0.5, 0.6) is 11.5 Å². The predicted octanol–water partition coefficient (Wildman–Crippen LogP) is 6.54. The van der Waals surface area contributed by atoms with E-state index in [0.29, 0.717) is 18.4 Å². The van der Waals surface area contributed by atoms with E-state index in [0.717, 1.165) is 50.5 Å². The van der Waals surface area contributed by atoms with Crippen molar-refractivity contribution in [3.8, 4) is 11.5 Å². The van der Waals surface area contributed by atoms with E-state index in [-0.39, 0.29) is 22.6 Å². The van der Waals surface area contributed by atoms with Crippen LogP contribution in [0.4, 0.5) is 0 Å². The van der Waals surface area contributed by atoms with E-state index in [4.69, 9.17) is 0 Å². The zero-order valence-corrected chi connectivity index (χ0v) is 17.8. The van der Waals surface area contributed by atoms with Crippen LogP contribution in [-0.4, -0.2) is 21.3 Å². The molecule has 0 radical (unpaired) electrons. The Hall–Kier alpha value is -2.23. The molecule has 0 fully saturated rings. The monoisotopic (exact) mass is 388 g/mol. The first-order valence-electron chi connectivity index (χ1n) is 10.4. The van der Waals surface area contributed by atoms with Gasteiger partial charge in [-0.05, 0) is 64.0 Å². The maximum Gasteiger partial charge on any atom is 0.339 e. The Morgan fingerprint density at radius 3 is 2.29 bits per heavy atom. The maximum absolute atomic E-state index is 11.7. The van der Waals surface area contributed by atoms with Crippen LogP contribution in [0.15, 0.2) is 29.4 Å². The van der Waals surface area contributed by atoms with Gasteiger partial charge in [0, 0.05) is 5.56 Å². The fourth-order valence-electron chi connectivity index (χ4n) is 3.37. The van der Waals surface area contributed by atoms with Crippen LogP contribution in [0.25, 0.3) is 0 Å². The van der Waals surface area contributed by atoms with Gasteiger partial charge in [0.25, 0.3) is 0 Å². The third kappa shape index (κ3) is 7.41. The molecule has 156 valence electrons. The van der Waals surface area contributed by atoms with Gasteiger partial charge in [-0.15, -0.1) is 0 Å². The highest BCUT2D eigenvalue weighted by Gasteiger charge is 2.21. The Balaban J connectivity index is 2.94. The second-order valence-electron chi connectivity index (χ2n) is 7.61. The van der Waals surface area contributed by atoms with Crippen molar-refractivity contribution in [2.45, 2.75) is 85.5 Å². The number of hydrogen-bond donors (Lipinski definition) is 3. The van der Waals surface area contributed by atoms with Crippen LogP contribution in [0.2, 0.25) is 0 Å². The number of aryl methyl sites for hydroxylation is 1. The number of phenolic OH excluding ortho intramolecular Hbond substituents is 1. The first-order valence-corrected chi connectivity index (χ1v) is 10.4. The van der Waals surface area contributed by atoms with E-state index in [2.05, 4.69) is 26.8 Å². The van der Waals surface area contributed by atoms with Gasteiger partial charge in [-0.25, -0.2) is 4.79 Å². The highest BCUT2D eigenvalue weighted by molar-refractivity contribution is 5.93. The lowest BCUT2D eigenvalue weighted by molar-refractivity contribution is 0.0692. The Kier molecular flexibility index (Phi) is 10.4. The fraction of sp³-hybridized carbons (Fsp3) is 0.542. The van der Waals surface area contributed by atoms with Gasteiger partial charge in [0.2, 0.25) is 0 Å². The van der Waals surface area contributed by atoms with E-state index in [1.807, 2.05) is 13.0 Å². The molecule has 1 rings (SSSR count). The molecule has 4 heteroatoms. The number of carbonyl (C=O) groups is 1.